The van der Waals surface area contributed by atoms with Crippen molar-refractivity contribution >= 4 is 11.7 Å². The molecule has 0 aromatic heterocycles. The van der Waals surface area contributed by atoms with Crippen LogP contribution in [0.2, 0.25) is 0 Å². The van der Waals surface area contributed by atoms with Crippen LogP contribution in [0.4, 0.5) is 5.69 Å². The summed E-state index contributed by atoms with van der Waals surface area (Å²) >= 11 is 0. The van der Waals surface area contributed by atoms with E-state index in [1.165, 1.54) is 44.6 Å². The number of hydrogen-bond donors (Lipinski definition) is 2. The molecular weight excluding hydrogens is 318 g/mol. The molecule has 6 heteroatoms. The average Bonchev–Trinajstić information content (AvgIpc) is 2.66. The number of piperazine rings is 1. The SMILES string of the molecule is O=C(O)COc1ccc(N2CCN(CCC3CCNCC3)CC2)cc1. The molecule has 2 saturated heterocycles. The molecule has 0 atom stereocenters. The number of nitrogens with one attached hydrogen (secondary N) is 1. The number of benzene rings is 1. The molecule has 2 N–H and O–H groups in total. The zero-order valence-electron chi connectivity index (χ0n) is 14.8. The van der Waals surface area contributed by atoms with E-state index in [0.717, 1.165) is 32.1 Å². The van der Waals surface area contributed by atoms with Gasteiger partial charge in [0, 0.05) is 31.9 Å². The van der Waals surface area contributed by atoms with Crippen molar-refractivity contribution in [2.24, 2.45) is 5.92 Å². The van der Waals surface area contributed by atoms with E-state index in [1.54, 1.807) is 0 Å². The standard InChI is InChI=1S/C19H29N3O3/c23-19(24)15-25-18-3-1-17(2-4-18)22-13-11-21(12-14-22)10-7-16-5-8-20-9-6-16/h1-4,16,20H,5-15H2,(H,23,24). The lowest BCUT2D eigenvalue weighted by Gasteiger charge is -2.37. The van der Waals surface area contributed by atoms with Gasteiger partial charge in [-0.3, -0.25) is 4.90 Å². The van der Waals surface area contributed by atoms with E-state index in [-0.39, 0.29) is 6.61 Å². The Hall–Kier alpha value is -1.79. The predicted octanol–water partition coefficient (Wildman–Crippen LogP) is 1.66. The first-order chi connectivity index (χ1) is 12.2. The molecule has 3 rings (SSSR count). The largest absolute Gasteiger partial charge is 0.482 e. The maximum absolute atomic E-state index is 10.5. The van der Waals surface area contributed by atoms with Crippen LogP contribution in [0.5, 0.6) is 5.75 Å². The molecule has 2 fully saturated rings. The van der Waals surface area contributed by atoms with Crippen LogP contribution in [0, 0.1) is 5.92 Å². The number of carboxylic acid groups (broad SMARTS) is 1. The quantitative estimate of drug-likeness (QED) is 0.782. The van der Waals surface area contributed by atoms with E-state index in [1.807, 2.05) is 24.3 Å². The molecule has 0 bridgehead atoms. The van der Waals surface area contributed by atoms with Gasteiger partial charge in [0.05, 0.1) is 0 Å². The normalized spacial score (nSPS) is 19.8. The Morgan fingerprint density at radius 1 is 1.12 bits per heavy atom. The second-order valence-corrected chi connectivity index (χ2v) is 6.99. The third kappa shape index (κ3) is 5.61. The van der Waals surface area contributed by atoms with Crippen LogP contribution in [0.25, 0.3) is 0 Å². The van der Waals surface area contributed by atoms with Crippen LogP contribution >= 0.6 is 0 Å². The minimum Gasteiger partial charge on any atom is -0.482 e. The molecule has 1 aromatic rings. The maximum atomic E-state index is 10.5. The molecule has 2 aliphatic heterocycles. The van der Waals surface area contributed by atoms with E-state index in [0.29, 0.717) is 5.75 Å². The first-order valence-electron chi connectivity index (χ1n) is 9.33. The molecule has 1 aromatic carbocycles. The van der Waals surface area contributed by atoms with Crippen molar-refractivity contribution in [2.45, 2.75) is 19.3 Å². The summed E-state index contributed by atoms with van der Waals surface area (Å²) in [7, 11) is 0. The van der Waals surface area contributed by atoms with Crippen LogP contribution in [0.15, 0.2) is 24.3 Å². The van der Waals surface area contributed by atoms with Crippen molar-refractivity contribution in [1.82, 2.24) is 10.2 Å². The van der Waals surface area contributed by atoms with E-state index >= 15 is 0 Å². The Bertz CT molecular complexity index is 535. The number of aliphatic carboxylic acids is 1. The number of ether oxygens (including phenoxy) is 1. The molecule has 0 spiro atoms. The van der Waals surface area contributed by atoms with E-state index in [2.05, 4.69) is 15.1 Å². The van der Waals surface area contributed by atoms with Crippen molar-refractivity contribution in [3.05, 3.63) is 24.3 Å². The fraction of sp³-hybridized carbons (Fsp3) is 0.632. The van der Waals surface area contributed by atoms with Gasteiger partial charge in [0.25, 0.3) is 0 Å². The number of rotatable bonds is 7. The lowest BCUT2D eigenvalue weighted by atomic mass is 9.94. The zero-order valence-corrected chi connectivity index (χ0v) is 14.8. The van der Waals surface area contributed by atoms with Gasteiger partial charge in [0.15, 0.2) is 6.61 Å². The highest BCUT2D eigenvalue weighted by atomic mass is 16.5. The van der Waals surface area contributed by atoms with Gasteiger partial charge in [-0.15, -0.1) is 0 Å². The van der Waals surface area contributed by atoms with Gasteiger partial charge < -0.3 is 20.1 Å². The van der Waals surface area contributed by atoms with Gasteiger partial charge in [-0.05, 0) is 69.1 Å². The fourth-order valence-corrected chi connectivity index (χ4v) is 3.66. The zero-order chi connectivity index (χ0) is 17.5. The first kappa shape index (κ1) is 18.0. The van der Waals surface area contributed by atoms with Crippen LogP contribution in [-0.2, 0) is 4.79 Å². The highest BCUT2D eigenvalue weighted by molar-refractivity contribution is 5.68. The van der Waals surface area contributed by atoms with Crippen molar-refractivity contribution in [2.75, 3.05) is 57.3 Å². The Balaban J connectivity index is 1.40. The number of hydrogen-bond acceptors (Lipinski definition) is 5. The highest BCUT2D eigenvalue weighted by Crippen LogP contribution is 2.22. The van der Waals surface area contributed by atoms with Gasteiger partial charge in [-0.2, -0.15) is 0 Å². The number of carbonyl (C=O) groups is 1. The monoisotopic (exact) mass is 347 g/mol. The minimum atomic E-state index is -0.954. The summed E-state index contributed by atoms with van der Waals surface area (Å²) in [5, 5.41) is 12.1. The fourth-order valence-electron chi connectivity index (χ4n) is 3.66. The second-order valence-electron chi connectivity index (χ2n) is 6.99. The Morgan fingerprint density at radius 2 is 1.80 bits per heavy atom. The van der Waals surface area contributed by atoms with E-state index in [9.17, 15) is 4.79 Å². The highest BCUT2D eigenvalue weighted by Gasteiger charge is 2.19. The van der Waals surface area contributed by atoms with Gasteiger partial charge in [0.2, 0.25) is 0 Å². The number of anilines is 1. The third-order valence-corrected chi connectivity index (χ3v) is 5.25. The van der Waals surface area contributed by atoms with Gasteiger partial charge in [0.1, 0.15) is 5.75 Å². The molecular formula is C19H29N3O3. The van der Waals surface area contributed by atoms with Crippen LogP contribution in [-0.4, -0.2) is 68.4 Å². The van der Waals surface area contributed by atoms with Gasteiger partial charge in [-0.1, -0.05) is 0 Å². The summed E-state index contributed by atoms with van der Waals surface area (Å²) < 4.78 is 5.19. The molecule has 138 valence electrons. The Morgan fingerprint density at radius 3 is 2.44 bits per heavy atom. The smallest absolute Gasteiger partial charge is 0.341 e. The average molecular weight is 347 g/mol. The molecule has 6 nitrogen and oxygen atoms in total. The maximum Gasteiger partial charge on any atom is 0.341 e. The summed E-state index contributed by atoms with van der Waals surface area (Å²) in [5.74, 6) is 0.550. The summed E-state index contributed by atoms with van der Waals surface area (Å²) in [4.78, 5) is 15.5. The third-order valence-electron chi connectivity index (χ3n) is 5.25. The summed E-state index contributed by atoms with van der Waals surface area (Å²) in [6, 6.07) is 7.73. The number of piperidine rings is 1. The second kappa shape index (κ2) is 9.06. The molecule has 0 amide bonds. The van der Waals surface area contributed by atoms with Crippen LogP contribution < -0.4 is 15.0 Å². The molecule has 2 aliphatic rings. The predicted molar refractivity (Wildman–Crippen MR) is 98.4 cm³/mol. The van der Waals surface area contributed by atoms with Crippen molar-refractivity contribution in [1.29, 1.82) is 0 Å². The van der Waals surface area contributed by atoms with Gasteiger partial charge in [-0.25, -0.2) is 4.79 Å². The molecule has 0 saturated carbocycles. The molecule has 2 heterocycles. The van der Waals surface area contributed by atoms with Crippen molar-refractivity contribution < 1.29 is 14.6 Å². The number of nitrogens with zero attached hydrogens (tertiary/aromatic N) is 2. The topological polar surface area (TPSA) is 65.0 Å². The van der Waals surface area contributed by atoms with Crippen molar-refractivity contribution in [3.63, 3.8) is 0 Å². The van der Waals surface area contributed by atoms with Crippen molar-refractivity contribution in [3.8, 4) is 5.75 Å². The molecule has 0 radical (unpaired) electrons. The molecule has 25 heavy (non-hydrogen) atoms. The summed E-state index contributed by atoms with van der Waals surface area (Å²) in [6.07, 6.45) is 3.99. The summed E-state index contributed by atoms with van der Waals surface area (Å²) in [5.41, 5.74) is 1.18. The first-order valence-corrected chi connectivity index (χ1v) is 9.33. The van der Waals surface area contributed by atoms with E-state index in [4.69, 9.17) is 9.84 Å². The summed E-state index contributed by atoms with van der Waals surface area (Å²) in [6.45, 7) is 7.61. The molecule has 0 aliphatic carbocycles. The molecule has 0 unspecified atom stereocenters. The van der Waals surface area contributed by atoms with Crippen LogP contribution in [0.1, 0.15) is 19.3 Å². The number of carboxylic acids is 1. The Labute approximate surface area is 149 Å². The lowest BCUT2D eigenvalue weighted by molar-refractivity contribution is -0.139. The van der Waals surface area contributed by atoms with E-state index < -0.39 is 5.97 Å². The lowest BCUT2D eigenvalue weighted by Crippen LogP contribution is -2.47. The van der Waals surface area contributed by atoms with Gasteiger partial charge >= 0.3 is 5.97 Å². The minimum absolute atomic E-state index is 0.297. The Kier molecular flexibility index (Phi) is 6.53. The van der Waals surface area contributed by atoms with Crippen LogP contribution in [0.3, 0.4) is 0 Å².